The van der Waals surface area contributed by atoms with Crippen LogP contribution in [0, 0.1) is 0 Å². The fourth-order valence-electron chi connectivity index (χ4n) is 3.46. The van der Waals surface area contributed by atoms with E-state index in [1.807, 2.05) is 0 Å². The fraction of sp³-hybridized carbons (Fsp3) is 0.286. The maximum atomic E-state index is 12.4. The van der Waals surface area contributed by atoms with E-state index in [4.69, 9.17) is 13.9 Å². The van der Waals surface area contributed by atoms with Crippen LogP contribution in [0.3, 0.4) is 0 Å². The molecule has 0 saturated carbocycles. The van der Waals surface area contributed by atoms with Crippen molar-refractivity contribution in [2.45, 2.75) is 30.7 Å². The number of hydrogen-bond donors (Lipinski definition) is 7. The molecule has 1 aromatic heterocycles. The van der Waals surface area contributed by atoms with E-state index in [-0.39, 0.29) is 33.8 Å². The molecule has 0 radical (unpaired) electrons. The van der Waals surface area contributed by atoms with Gasteiger partial charge in [-0.2, -0.15) is 0 Å². The van der Waals surface area contributed by atoms with E-state index in [0.717, 1.165) is 18.2 Å². The predicted molar refractivity (Wildman–Crippen MR) is 107 cm³/mol. The van der Waals surface area contributed by atoms with Crippen molar-refractivity contribution in [3.05, 3.63) is 46.6 Å². The van der Waals surface area contributed by atoms with Crippen molar-refractivity contribution < 1.29 is 49.6 Å². The van der Waals surface area contributed by atoms with Gasteiger partial charge in [0.1, 0.15) is 52.6 Å². The fourth-order valence-corrected chi connectivity index (χ4v) is 3.46. The molecule has 170 valence electrons. The highest BCUT2D eigenvalue weighted by Gasteiger charge is 2.44. The first-order valence-corrected chi connectivity index (χ1v) is 9.50. The summed E-state index contributed by atoms with van der Waals surface area (Å²) >= 11 is 0. The number of aliphatic hydroxyl groups excluding tert-OH is 4. The zero-order chi connectivity index (χ0) is 23.2. The molecule has 1 aliphatic rings. The summed E-state index contributed by atoms with van der Waals surface area (Å²) in [6, 6.07) is 7.19. The molecule has 5 atom stereocenters. The topological polar surface area (TPSA) is 190 Å². The van der Waals surface area contributed by atoms with Crippen LogP contribution in [0.5, 0.6) is 23.0 Å². The molecule has 4 rings (SSSR count). The number of hydrogen-bond acceptors (Lipinski definition) is 11. The Kier molecular flexibility index (Phi) is 5.67. The Morgan fingerprint density at radius 2 is 1.66 bits per heavy atom. The van der Waals surface area contributed by atoms with E-state index in [2.05, 4.69) is 0 Å². The number of fused-ring (bicyclic) bond motifs is 1. The number of ether oxygens (including phenoxy) is 2. The summed E-state index contributed by atoms with van der Waals surface area (Å²) in [5.74, 6) is -1.30. The van der Waals surface area contributed by atoms with Crippen LogP contribution in [-0.2, 0) is 4.74 Å². The average molecular weight is 448 g/mol. The van der Waals surface area contributed by atoms with Crippen LogP contribution in [0.1, 0.15) is 0 Å². The predicted octanol–water partition coefficient (Wildman–Crippen LogP) is -0.245. The number of aromatic hydroxyl groups is 3. The number of benzene rings is 2. The van der Waals surface area contributed by atoms with E-state index in [1.54, 1.807) is 0 Å². The van der Waals surface area contributed by atoms with E-state index in [1.165, 1.54) is 18.2 Å². The molecule has 32 heavy (non-hydrogen) atoms. The second-order valence-corrected chi connectivity index (χ2v) is 7.31. The highest BCUT2D eigenvalue weighted by molar-refractivity contribution is 5.86. The van der Waals surface area contributed by atoms with Gasteiger partial charge >= 0.3 is 0 Å². The van der Waals surface area contributed by atoms with E-state index in [0.29, 0.717) is 0 Å². The van der Waals surface area contributed by atoms with Gasteiger partial charge in [-0.25, -0.2) is 0 Å². The summed E-state index contributed by atoms with van der Waals surface area (Å²) in [5, 5.41) is 68.7. The van der Waals surface area contributed by atoms with Crippen molar-refractivity contribution in [1.29, 1.82) is 0 Å². The lowest BCUT2D eigenvalue weighted by Crippen LogP contribution is -2.60. The van der Waals surface area contributed by atoms with Gasteiger partial charge in [-0.05, 0) is 18.2 Å². The molecule has 11 heteroatoms. The molecule has 3 aromatic rings. The highest BCUT2D eigenvalue weighted by atomic mass is 16.7. The Balaban J connectivity index is 1.64. The van der Waals surface area contributed by atoms with E-state index < -0.39 is 54.2 Å². The summed E-state index contributed by atoms with van der Waals surface area (Å²) < 4.78 is 16.2. The molecule has 0 unspecified atom stereocenters. The van der Waals surface area contributed by atoms with Crippen molar-refractivity contribution in [3.63, 3.8) is 0 Å². The van der Waals surface area contributed by atoms with Gasteiger partial charge < -0.3 is 49.6 Å². The van der Waals surface area contributed by atoms with Crippen LogP contribution < -0.4 is 10.2 Å². The SMILES string of the molecule is O=c1cc(-c2ccc(O[C@@H]3O[C@H](CO)[C@H](O)[C@H](O)[C@H]3O)c(O)c2)oc2cc(O)cc(O)c12. The van der Waals surface area contributed by atoms with Gasteiger partial charge in [-0.3, -0.25) is 4.79 Å². The van der Waals surface area contributed by atoms with Gasteiger partial charge in [0.25, 0.3) is 0 Å². The zero-order valence-corrected chi connectivity index (χ0v) is 16.3. The van der Waals surface area contributed by atoms with Gasteiger partial charge in [0, 0.05) is 23.8 Å². The number of rotatable bonds is 4. The Morgan fingerprint density at radius 1 is 0.906 bits per heavy atom. The molecule has 0 bridgehead atoms. The first-order chi connectivity index (χ1) is 15.2. The van der Waals surface area contributed by atoms with Gasteiger partial charge in [0.2, 0.25) is 6.29 Å². The summed E-state index contributed by atoms with van der Waals surface area (Å²) in [5.41, 5.74) is -0.378. The van der Waals surface area contributed by atoms with Crippen molar-refractivity contribution in [3.8, 4) is 34.3 Å². The summed E-state index contributed by atoms with van der Waals surface area (Å²) in [4.78, 5) is 12.4. The van der Waals surface area contributed by atoms with Gasteiger partial charge in [0.15, 0.2) is 16.9 Å². The average Bonchev–Trinajstić information content (AvgIpc) is 2.74. The normalized spacial score (nSPS) is 25.7. The minimum Gasteiger partial charge on any atom is -0.508 e. The standard InChI is InChI=1S/C21H20O11/c22-7-16-18(27)19(28)20(29)21(32-16)31-13-2-1-8(3-10(13)24)14-6-12(26)17-11(25)4-9(23)5-15(17)30-14/h1-6,16,18-25,27-29H,7H2/t16-,18+,19+,20-,21-/m1/s1. The Hall–Kier alpha value is -3.35. The van der Waals surface area contributed by atoms with E-state index in [9.17, 15) is 40.5 Å². The molecule has 1 aliphatic heterocycles. The number of aliphatic hydroxyl groups is 4. The van der Waals surface area contributed by atoms with Crippen molar-refractivity contribution >= 4 is 11.0 Å². The summed E-state index contributed by atoms with van der Waals surface area (Å²) in [7, 11) is 0. The maximum absolute atomic E-state index is 12.4. The lowest BCUT2D eigenvalue weighted by atomic mass is 9.99. The second kappa shape index (κ2) is 8.30. The van der Waals surface area contributed by atoms with Gasteiger partial charge in [-0.15, -0.1) is 0 Å². The van der Waals surface area contributed by atoms with Crippen molar-refractivity contribution in [2.24, 2.45) is 0 Å². The molecule has 0 spiro atoms. The molecule has 2 aromatic carbocycles. The second-order valence-electron chi connectivity index (χ2n) is 7.31. The lowest BCUT2D eigenvalue weighted by Gasteiger charge is -2.39. The molecular formula is C21H20O11. The molecule has 0 aliphatic carbocycles. The summed E-state index contributed by atoms with van der Waals surface area (Å²) in [6.45, 7) is -0.637. The van der Waals surface area contributed by atoms with Crippen LogP contribution in [0.15, 0.2) is 45.6 Å². The number of phenolic OH excluding ortho intramolecular Hbond substituents is 3. The monoisotopic (exact) mass is 448 g/mol. The maximum Gasteiger partial charge on any atom is 0.229 e. The molecular weight excluding hydrogens is 428 g/mol. The molecule has 1 fully saturated rings. The third kappa shape index (κ3) is 3.83. The smallest absolute Gasteiger partial charge is 0.229 e. The zero-order valence-electron chi connectivity index (χ0n) is 16.3. The third-order valence-corrected chi connectivity index (χ3v) is 5.13. The van der Waals surface area contributed by atoms with Crippen LogP contribution in [0.25, 0.3) is 22.3 Å². The van der Waals surface area contributed by atoms with E-state index >= 15 is 0 Å². The minimum atomic E-state index is -1.66. The van der Waals surface area contributed by atoms with Gasteiger partial charge in [-0.1, -0.05) is 0 Å². The minimum absolute atomic E-state index is 0.0298. The lowest BCUT2D eigenvalue weighted by molar-refractivity contribution is -0.277. The van der Waals surface area contributed by atoms with Crippen LogP contribution in [0.4, 0.5) is 0 Å². The van der Waals surface area contributed by atoms with Crippen LogP contribution in [-0.4, -0.2) is 73.1 Å². The van der Waals surface area contributed by atoms with Crippen LogP contribution >= 0.6 is 0 Å². The quantitative estimate of drug-likeness (QED) is 0.279. The van der Waals surface area contributed by atoms with Crippen LogP contribution in [0.2, 0.25) is 0 Å². The first kappa shape index (κ1) is 21.9. The Labute approximate surface area is 179 Å². The largest absolute Gasteiger partial charge is 0.508 e. The number of phenols is 3. The summed E-state index contributed by atoms with van der Waals surface area (Å²) in [6.07, 6.45) is -7.54. The molecule has 0 amide bonds. The van der Waals surface area contributed by atoms with Crippen molar-refractivity contribution in [2.75, 3.05) is 6.61 Å². The molecule has 1 saturated heterocycles. The third-order valence-electron chi connectivity index (χ3n) is 5.13. The Bertz CT molecular complexity index is 1200. The molecule has 2 heterocycles. The first-order valence-electron chi connectivity index (χ1n) is 9.50. The highest BCUT2D eigenvalue weighted by Crippen LogP contribution is 2.35. The van der Waals surface area contributed by atoms with Crippen molar-refractivity contribution in [1.82, 2.24) is 0 Å². The molecule has 11 nitrogen and oxygen atoms in total. The van der Waals surface area contributed by atoms with Gasteiger partial charge in [0.05, 0.1) is 6.61 Å². The molecule has 7 N–H and O–H groups in total. The Morgan fingerprint density at radius 3 is 2.34 bits per heavy atom.